The van der Waals surface area contributed by atoms with E-state index in [4.69, 9.17) is 9.63 Å². The number of aromatic nitrogens is 2. The Labute approximate surface area is 132 Å². The van der Waals surface area contributed by atoms with Crippen molar-refractivity contribution >= 4 is 11.9 Å². The van der Waals surface area contributed by atoms with Crippen molar-refractivity contribution in [1.29, 1.82) is 0 Å². The molecule has 0 bridgehead atoms. The average molecular weight is 315 g/mol. The first-order valence-electron chi connectivity index (χ1n) is 7.48. The molecule has 1 unspecified atom stereocenters. The molecule has 2 aromatic rings. The fourth-order valence-corrected chi connectivity index (χ4v) is 2.93. The third-order valence-electron chi connectivity index (χ3n) is 3.96. The van der Waals surface area contributed by atoms with Gasteiger partial charge in [0.05, 0.1) is 17.5 Å². The summed E-state index contributed by atoms with van der Waals surface area (Å²) in [7, 11) is 0. The lowest BCUT2D eigenvalue weighted by molar-refractivity contribution is -0.137. The summed E-state index contributed by atoms with van der Waals surface area (Å²) in [6, 6.07) is 6.75. The summed E-state index contributed by atoms with van der Waals surface area (Å²) >= 11 is 0. The van der Waals surface area contributed by atoms with Crippen molar-refractivity contribution in [3.63, 3.8) is 0 Å². The zero-order valence-corrected chi connectivity index (χ0v) is 12.7. The lowest BCUT2D eigenvalue weighted by Gasteiger charge is -2.24. The zero-order valence-electron chi connectivity index (χ0n) is 12.7. The molecule has 7 heteroatoms. The van der Waals surface area contributed by atoms with E-state index in [1.54, 1.807) is 36.1 Å². The number of carbonyl (C=O) groups is 2. The summed E-state index contributed by atoms with van der Waals surface area (Å²) in [6.45, 7) is 2.27. The lowest BCUT2D eigenvalue weighted by Crippen LogP contribution is -2.37. The van der Waals surface area contributed by atoms with E-state index < -0.39 is 5.97 Å². The Bertz CT molecular complexity index is 740. The van der Waals surface area contributed by atoms with Gasteiger partial charge < -0.3 is 14.5 Å². The van der Waals surface area contributed by atoms with Gasteiger partial charge in [0.2, 0.25) is 0 Å². The van der Waals surface area contributed by atoms with Gasteiger partial charge in [-0.15, -0.1) is 0 Å². The van der Waals surface area contributed by atoms with Crippen LogP contribution in [0, 0.1) is 6.92 Å². The first-order chi connectivity index (χ1) is 11.1. The zero-order chi connectivity index (χ0) is 16.4. The van der Waals surface area contributed by atoms with Gasteiger partial charge in [-0.25, -0.2) is 0 Å². The molecule has 3 rings (SSSR count). The van der Waals surface area contributed by atoms with Crippen LogP contribution in [-0.2, 0) is 4.79 Å². The smallest absolute Gasteiger partial charge is 0.305 e. The predicted octanol–water partition coefficient (Wildman–Crippen LogP) is 2.12. The van der Waals surface area contributed by atoms with Crippen molar-refractivity contribution in [2.75, 3.05) is 6.54 Å². The molecule has 1 aromatic carbocycles. The van der Waals surface area contributed by atoms with Crippen LogP contribution in [0.25, 0.3) is 11.5 Å². The van der Waals surface area contributed by atoms with Gasteiger partial charge in [-0.1, -0.05) is 17.3 Å². The number of nitrogens with zero attached hydrogens (tertiary/aromatic N) is 3. The summed E-state index contributed by atoms with van der Waals surface area (Å²) in [5.74, 6) is -0.302. The quantitative estimate of drug-likeness (QED) is 0.928. The summed E-state index contributed by atoms with van der Waals surface area (Å²) in [4.78, 5) is 29.7. The first-order valence-corrected chi connectivity index (χ1v) is 7.48. The summed E-state index contributed by atoms with van der Waals surface area (Å²) < 4.78 is 5.17. The van der Waals surface area contributed by atoms with E-state index >= 15 is 0 Å². The van der Waals surface area contributed by atoms with Crippen LogP contribution < -0.4 is 0 Å². The van der Waals surface area contributed by atoms with Gasteiger partial charge in [0.15, 0.2) is 5.82 Å². The number of rotatable bonds is 4. The van der Waals surface area contributed by atoms with Crippen molar-refractivity contribution in [1.82, 2.24) is 15.0 Å². The van der Waals surface area contributed by atoms with Crippen LogP contribution in [0.3, 0.4) is 0 Å². The van der Waals surface area contributed by atoms with Crippen LogP contribution in [0.15, 0.2) is 28.8 Å². The molecule has 1 fully saturated rings. The number of aliphatic carboxylic acids is 1. The standard InChI is InChI=1S/C16H17N3O4/c1-10-17-15(23-18-10)12-6-2-3-7-13(12)16(22)19-8-4-5-11(19)9-14(20)21/h2-3,6-7,11H,4-5,8-9H2,1H3,(H,20,21). The molecular weight excluding hydrogens is 298 g/mol. The fourth-order valence-electron chi connectivity index (χ4n) is 2.93. The minimum atomic E-state index is -0.893. The maximum atomic E-state index is 12.9. The van der Waals surface area contributed by atoms with Crippen LogP contribution in [-0.4, -0.2) is 44.6 Å². The molecule has 1 amide bonds. The molecule has 0 aliphatic carbocycles. The van der Waals surface area contributed by atoms with Crippen LogP contribution in [0.2, 0.25) is 0 Å². The number of hydrogen-bond donors (Lipinski definition) is 1. The number of carbonyl (C=O) groups excluding carboxylic acids is 1. The third kappa shape index (κ3) is 3.08. The molecule has 0 spiro atoms. The summed E-state index contributed by atoms with van der Waals surface area (Å²) in [5, 5.41) is 12.8. The molecule has 1 saturated heterocycles. The first kappa shape index (κ1) is 15.2. The van der Waals surface area contributed by atoms with Crippen molar-refractivity contribution in [2.24, 2.45) is 0 Å². The number of likely N-dealkylation sites (tertiary alicyclic amines) is 1. The van der Waals surface area contributed by atoms with Gasteiger partial charge in [0.1, 0.15) is 0 Å². The van der Waals surface area contributed by atoms with E-state index in [1.165, 1.54) is 0 Å². The highest BCUT2D eigenvalue weighted by Gasteiger charge is 2.32. The SMILES string of the molecule is Cc1noc(-c2ccccc2C(=O)N2CCCC2CC(=O)O)n1. The fraction of sp³-hybridized carbons (Fsp3) is 0.375. The maximum absolute atomic E-state index is 12.9. The second-order valence-electron chi connectivity index (χ2n) is 5.58. The van der Waals surface area contributed by atoms with E-state index in [0.717, 1.165) is 6.42 Å². The number of benzene rings is 1. The second-order valence-corrected chi connectivity index (χ2v) is 5.58. The van der Waals surface area contributed by atoms with E-state index in [1.807, 2.05) is 0 Å². The maximum Gasteiger partial charge on any atom is 0.305 e. The van der Waals surface area contributed by atoms with Crippen LogP contribution in [0.5, 0.6) is 0 Å². The number of aryl methyl sites for hydroxylation is 1. The van der Waals surface area contributed by atoms with Gasteiger partial charge in [-0.2, -0.15) is 4.98 Å². The van der Waals surface area contributed by atoms with Crippen molar-refractivity contribution in [3.05, 3.63) is 35.7 Å². The molecule has 0 radical (unpaired) electrons. The number of carboxylic acid groups (broad SMARTS) is 1. The molecule has 1 aliphatic heterocycles. The molecule has 1 aliphatic rings. The Morgan fingerprint density at radius 2 is 2.17 bits per heavy atom. The molecule has 120 valence electrons. The minimum absolute atomic E-state index is 0.0342. The Balaban J connectivity index is 1.92. The highest BCUT2D eigenvalue weighted by molar-refractivity contribution is 6.00. The second kappa shape index (κ2) is 6.20. The van der Waals surface area contributed by atoms with E-state index in [9.17, 15) is 9.59 Å². The van der Waals surface area contributed by atoms with Crippen LogP contribution in [0.4, 0.5) is 0 Å². The monoisotopic (exact) mass is 315 g/mol. The average Bonchev–Trinajstić information content (AvgIpc) is 3.15. The van der Waals surface area contributed by atoms with Crippen LogP contribution >= 0.6 is 0 Å². The molecule has 0 saturated carbocycles. The van der Waals surface area contributed by atoms with Crippen LogP contribution in [0.1, 0.15) is 35.4 Å². The van der Waals surface area contributed by atoms with Crippen molar-refractivity contribution in [2.45, 2.75) is 32.2 Å². The highest BCUT2D eigenvalue weighted by atomic mass is 16.5. The topological polar surface area (TPSA) is 96.5 Å². The number of amides is 1. The molecule has 1 atom stereocenters. The number of carboxylic acids is 1. The summed E-state index contributed by atoms with van der Waals surface area (Å²) in [6.07, 6.45) is 1.49. The van der Waals surface area contributed by atoms with Gasteiger partial charge >= 0.3 is 5.97 Å². The normalized spacial score (nSPS) is 17.4. The molecule has 1 aromatic heterocycles. The lowest BCUT2D eigenvalue weighted by atomic mass is 10.0. The van der Waals surface area contributed by atoms with Crippen molar-refractivity contribution < 1.29 is 19.2 Å². The van der Waals surface area contributed by atoms with E-state index in [0.29, 0.717) is 35.8 Å². The Kier molecular flexibility index (Phi) is 4.10. The van der Waals surface area contributed by atoms with E-state index in [-0.39, 0.29) is 18.4 Å². The summed E-state index contributed by atoms with van der Waals surface area (Å²) in [5.41, 5.74) is 1.02. The third-order valence-corrected chi connectivity index (χ3v) is 3.96. The van der Waals surface area contributed by atoms with Gasteiger partial charge in [0, 0.05) is 12.6 Å². The molecule has 1 N–H and O–H groups in total. The molecule has 2 heterocycles. The van der Waals surface area contributed by atoms with Gasteiger partial charge in [0.25, 0.3) is 11.8 Å². The molecular formula is C16H17N3O4. The van der Waals surface area contributed by atoms with Crippen molar-refractivity contribution in [3.8, 4) is 11.5 Å². The number of hydrogen-bond acceptors (Lipinski definition) is 5. The predicted molar refractivity (Wildman–Crippen MR) is 80.8 cm³/mol. The molecule has 23 heavy (non-hydrogen) atoms. The van der Waals surface area contributed by atoms with Gasteiger partial charge in [-0.3, -0.25) is 9.59 Å². The van der Waals surface area contributed by atoms with Gasteiger partial charge in [-0.05, 0) is 31.9 Å². The molecule has 7 nitrogen and oxygen atoms in total. The Morgan fingerprint density at radius 1 is 1.39 bits per heavy atom. The largest absolute Gasteiger partial charge is 0.481 e. The van der Waals surface area contributed by atoms with E-state index in [2.05, 4.69) is 10.1 Å². The Hall–Kier alpha value is -2.70. The minimum Gasteiger partial charge on any atom is -0.481 e. The Morgan fingerprint density at radius 3 is 2.87 bits per heavy atom. The highest BCUT2D eigenvalue weighted by Crippen LogP contribution is 2.27.